The molecule has 0 atom stereocenters. The van der Waals surface area contributed by atoms with Crippen molar-refractivity contribution < 1.29 is 9.66 Å². The number of hydrogen-bond acceptors (Lipinski definition) is 5. The van der Waals surface area contributed by atoms with Gasteiger partial charge in [-0.3, -0.25) is 10.1 Å². The molecule has 6 heteroatoms. The van der Waals surface area contributed by atoms with Gasteiger partial charge in [-0.2, -0.15) is 11.8 Å². The first-order valence-electron chi connectivity index (χ1n) is 6.91. The number of nitro benzene ring substituents is 1. The molecule has 2 rings (SSSR count). The molecule has 110 valence electrons. The molecule has 1 N–H and O–H groups in total. The Bertz CT molecular complexity index is 462. The van der Waals surface area contributed by atoms with E-state index in [1.165, 1.54) is 0 Å². The van der Waals surface area contributed by atoms with Crippen molar-refractivity contribution in [1.82, 2.24) is 0 Å². The van der Waals surface area contributed by atoms with Crippen LogP contribution < -0.4 is 5.32 Å². The summed E-state index contributed by atoms with van der Waals surface area (Å²) in [7, 11) is 0. The largest absolute Gasteiger partial charge is 0.381 e. The SMILES string of the molecule is CCNc1ccc(CSC2CCOCC2)cc1[N+](=O)[O-]. The van der Waals surface area contributed by atoms with Crippen molar-refractivity contribution in [2.45, 2.75) is 30.8 Å². The fourth-order valence-corrected chi connectivity index (χ4v) is 3.35. The number of ether oxygens (including phenoxy) is 1. The number of nitrogens with one attached hydrogen (secondary N) is 1. The van der Waals surface area contributed by atoms with Crippen LogP contribution in [0, 0.1) is 10.1 Å². The minimum absolute atomic E-state index is 0.164. The second kappa shape index (κ2) is 7.50. The van der Waals surface area contributed by atoms with Gasteiger partial charge >= 0.3 is 0 Å². The predicted octanol–water partition coefficient (Wildman–Crippen LogP) is 3.44. The monoisotopic (exact) mass is 296 g/mol. The van der Waals surface area contributed by atoms with Crippen LogP contribution in [0.2, 0.25) is 0 Å². The molecule has 0 aromatic heterocycles. The molecule has 0 radical (unpaired) electrons. The van der Waals surface area contributed by atoms with Gasteiger partial charge in [0.1, 0.15) is 5.69 Å². The molecule has 20 heavy (non-hydrogen) atoms. The molecule has 0 spiro atoms. The van der Waals surface area contributed by atoms with Gasteiger partial charge in [0.05, 0.1) is 4.92 Å². The van der Waals surface area contributed by atoms with Crippen LogP contribution in [0.4, 0.5) is 11.4 Å². The highest BCUT2D eigenvalue weighted by Gasteiger charge is 2.17. The summed E-state index contributed by atoms with van der Waals surface area (Å²) < 4.78 is 5.33. The summed E-state index contributed by atoms with van der Waals surface area (Å²) in [5.74, 6) is 0.817. The standard InChI is InChI=1S/C14H20N2O3S/c1-2-15-13-4-3-11(9-14(13)16(17)18)10-20-12-5-7-19-8-6-12/h3-4,9,12,15H,2,5-8,10H2,1H3. The van der Waals surface area contributed by atoms with Crippen LogP contribution in [-0.4, -0.2) is 29.9 Å². The van der Waals surface area contributed by atoms with E-state index in [1.807, 2.05) is 30.8 Å². The normalized spacial score (nSPS) is 16.1. The molecular formula is C14H20N2O3S. The van der Waals surface area contributed by atoms with Crippen LogP contribution in [0.1, 0.15) is 25.3 Å². The second-order valence-corrected chi connectivity index (χ2v) is 6.05. The zero-order valence-electron chi connectivity index (χ0n) is 11.6. The van der Waals surface area contributed by atoms with E-state index in [0.29, 0.717) is 17.5 Å². The van der Waals surface area contributed by atoms with Crippen LogP contribution in [-0.2, 0) is 10.5 Å². The van der Waals surface area contributed by atoms with E-state index >= 15 is 0 Å². The molecule has 1 aromatic rings. The Morgan fingerprint density at radius 3 is 2.85 bits per heavy atom. The molecule has 1 aromatic carbocycles. The topological polar surface area (TPSA) is 64.4 Å². The summed E-state index contributed by atoms with van der Waals surface area (Å²) in [4.78, 5) is 10.8. The number of nitro groups is 1. The zero-order chi connectivity index (χ0) is 14.4. The van der Waals surface area contributed by atoms with Crippen LogP contribution in [0.25, 0.3) is 0 Å². The molecule has 1 aliphatic heterocycles. The van der Waals surface area contributed by atoms with Crippen molar-refractivity contribution in [3.05, 3.63) is 33.9 Å². The third kappa shape index (κ3) is 4.11. The summed E-state index contributed by atoms with van der Waals surface area (Å²) in [5, 5.41) is 14.7. The summed E-state index contributed by atoms with van der Waals surface area (Å²) in [5.41, 5.74) is 1.77. The van der Waals surface area contributed by atoms with Crippen molar-refractivity contribution in [3.8, 4) is 0 Å². The van der Waals surface area contributed by atoms with Crippen molar-refractivity contribution in [2.75, 3.05) is 25.1 Å². The highest BCUT2D eigenvalue weighted by molar-refractivity contribution is 7.99. The third-order valence-electron chi connectivity index (χ3n) is 3.28. The van der Waals surface area contributed by atoms with Crippen LogP contribution in [0.15, 0.2) is 18.2 Å². The fourth-order valence-electron chi connectivity index (χ4n) is 2.21. The van der Waals surface area contributed by atoms with Crippen LogP contribution >= 0.6 is 11.8 Å². The summed E-state index contributed by atoms with van der Waals surface area (Å²) in [6, 6.07) is 5.46. The zero-order valence-corrected chi connectivity index (χ0v) is 12.4. The third-order valence-corrected chi connectivity index (χ3v) is 4.72. The number of anilines is 1. The lowest BCUT2D eigenvalue weighted by Crippen LogP contribution is -2.17. The van der Waals surface area contributed by atoms with E-state index in [0.717, 1.165) is 37.4 Å². The molecule has 1 aliphatic rings. The Kier molecular flexibility index (Phi) is 5.67. The van der Waals surface area contributed by atoms with Gasteiger partial charge < -0.3 is 10.1 Å². The van der Waals surface area contributed by atoms with Gasteiger partial charge in [0, 0.05) is 36.8 Å². The molecule has 1 heterocycles. The fraction of sp³-hybridized carbons (Fsp3) is 0.571. The van der Waals surface area contributed by atoms with Crippen molar-refractivity contribution in [3.63, 3.8) is 0 Å². The Morgan fingerprint density at radius 2 is 2.20 bits per heavy atom. The second-order valence-electron chi connectivity index (χ2n) is 4.76. The lowest BCUT2D eigenvalue weighted by molar-refractivity contribution is -0.384. The number of nitrogens with zero attached hydrogens (tertiary/aromatic N) is 1. The number of thioether (sulfide) groups is 1. The van der Waals surface area contributed by atoms with Gasteiger partial charge in [0.15, 0.2) is 0 Å². The summed E-state index contributed by atoms with van der Waals surface area (Å²) in [6.07, 6.45) is 2.14. The minimum atomic E-state index is -0.319. The lowest BCUT2D eigenvalue weighted by Gasteiger charge is -2.21. The van der Waals surface area contributed by atoms with Gasteiger partial charge in [0.25, 0.3) is 5.69 Å². The predicted molar refractivity (Wildman–Crippen MR) is 82.4 cm³/mol. The van der Waals surface area contributed by atoms with Crippen LogP contribution in [0.5, 0.6) is 0 Å². The molecule has 0 saturated carbocycles. The Hall–Kier alpha value is -1.27. The van der Waals surface area contributed by atoms with Crippen LogP contribution in [0.3, 0.4) is 0 Å². The van der Waals surface area contributed by atoms with Gasteiger partial charge in [-0.15, -0.1) is 0 Å². The average Bonchev–Trinajstić information content (AvgIpc) is 2.47. The minimum Gasteiger partial charge on any atom is -0.381 e. The maximum atomic E-state index is 11.1. The first kappa shape index (κ1) is 15.1. The molecule has 0 unspecified atom stereocenters. The van der Waals surface area contributed by atoms with Crippen molar-refractivity contribution in [1.29, 1.82) is 0 Å². The average molecular weight is 296 g/mol. The van der Waals surface area contributed by atoms with E-state index in [-0.39, 0.29) is 10.6 Å². The quantitative estimate of drug-likeness (QED) is 0.643. The van der Waals surface area contributed by atoms with Gasteiger partial charge in [0.2, 0.25) is 0 Å². The van der Waals surface area contributed by atoms with E-state index in [9.17, 15) is 10.1 Å². The van der Waals surface area contributed by atoms with Crippen molar-refractivity contribution >= 4 is 23.1 Å². The lowest BCUT2D eigenvalue weighted by atomic mass is 10.2. The Labute approximate surface area is 123 Å². The molecule has 5 nitrogen and oxygen atoms in total. The van der Waals surface area contributed by atoms with E-state index < -0.39 is 0 Å². The van der Waals surface area contributed by atoms with E-state index in [1.54, 1.807) is 6.07 Å². The maximum absolute atomic E-state index is 11.1. The molecule has 1 fully saturated rings. The number of rotatable bonds is 6. The smallest absolute Gasteiger partial charge is 0.292 e. The summed E-state index contributed by atoms with van der Waals surface area (Å²) in [6.45, 7) is 4.27. The van der Waals surface area contributed by atoms with Crippen molar-refractivity contribution in [2.24, 2.45) is 0 Å². The molecule has 1 saturated heterocycles. The molecule has 0 bridgehead atoms. The summed E-state index contributed by atoms with van der Waals surface area (Å²) >= 11 is 1.87. The van der Waals surface area contributed by atoms with Gasteiger partial charge in [-0.25, -0.2) is 0 Å². The number of benzene rings is 1. The van der Waals surface area contributed by atoms with Gasteiger partial charge in [-0.1, -0.05) is 6.07 Å². The highest BCUT2D eigenvalue weighted by Crippen LogP contribution is 2.30. The maximum Gasteiger partial charge on any atom is 0.292 e. The van der Waals surface area contributed by atoms with Gasteiger partial charge in [-0.05, 0) is 31.4 Å². The number of hydrogen-bond donors (Lipinski definition) is 1. The Morgan fingerprint density at radius 1 is 1.45 bits per heavy atom. The first-order chi connectivity index (χ1) is 9.70. The van der Waals surface area contributed by atoms with E-state index in [4.69, 9.17) is 4.74 Å². The molecular weight excluding hydrogens is 276 g/mol. The highest BCUT2D eigenvalue weighted by atomic mass is 32.2. The van der Waals surface area contributed by atoms with E-state index in [2.05, 4.69) is 5.32 Å². The molecule has 0 aliphatic carbocycles. The first-order valence-corrected chi connectivity index (χ1v) is 7.96. The Balaban J connectivity index is 2.00. The molecule has 0 amide bonds.